The van der Waals surface area contributed by atoms with E-state index in [1.807, 2.05) is 6.07 Å². The van der Waals surface area contributed by atoms with Crippen LogP contribution in [0.2, 0.25) is 0 Å². The third-order valence-electron chi connectivity index (χ3n) is 5.55. The molecule has 2 aliphatic rings. The maximum absolute atomic E-state index is 9.64. The van der Waals surface area contributed by atoms with Crippen molar-refractivity contribution in [2.24, 2.45) is 0 Å². The molecule has 1 aromatic heterocycles. The first-order valence-electron chi connectivity index (χ1n) is 10.4. The average Bonchev–Trinajstić information content (AvgIpc) is 3.27. The Balaban J connectivity index is 0.000000281. The fraction of sp³-hybridized carbons (Fsp3) is 0.292. The van der Waals surface area contributed by atoms with E-state index in [1.54, 1.807) is 14.2 Å². The normalized spacial score (nSPS) is 12.8. The van der Waals surface area contributed by atoms with Gasteiger partial charge in [-0.1, -0.05) is 0 Å². The van der Waals surface area contributed by atoms with Gasteiger partial charge in [-0.3, -0.25) is 9.59 Å². The van der Waals surface area contributed by atoms with Crippen molar-refractivity contribution in [3.8, 4) is 34.3 Å². The van der Waals surface area contributed by atoms with Crippen LogP contribution in [0.4, 0.5) is 0 Å². The highest BCUT2D eigenvalue weighted by Gasteiger charge is 2.28. The fourth-order valence-corrected chi connectivity index (χ4v) is 3.98. The second-order valence-electron chi connectivity index (χ2n) is 7.56. The van der Waals surface area contributed by atoms with E-state index in [0.29, 0.717) is 6.79 Å². The Labute approximate surface area is 189 Å². The average molecular weight is 454 g/mol. The number of carboxylic acid groups (broad SMARTS) is 2. The predicted octanol–water partition coefficient (Wildman–Crippen LogP) is 3.03. The smallest absolute Gasteiger partial charge is 0.303 e. The van der Waals surface area contributed by atoms with Crippen molar-refractivity contribution in [2.75, 3.05) is 21.0 Å². The Kier molecular flexibility index (Phi) is 6.21. The van der Waals surface area contributed by atoms with E-state index in [0.717, 1.165) is 46.7 Å². The lowest BCUT2D eigenvalue weighted by molar-refractivity contribution is -0.686. The maximum atomic E-state index is 9.64. The van der Waals surface area contributed by atoms with Gasteiger partial charge in [0.25, 0.3) is 0 Å². The van der Waals surface area contributed by atoms with Gasteiger partial charge in [0.05, 0.1) is 38.0 Å². The van der Waals surface area contributed by atoms with Crippen LogP contribution in [0.5, 0.6) is 23.0 Å². The molecule has 0 unspecified atom stereocenters. The molecule has 0 fully saturated rings. The summed E-state index contributed by atoms with van der Waals surface area (Å²) in [6, 6.07) is 10.4. The van der Waals surface area contributed by atoms with E-state index in [2.05, 4.69) is 35.0 Å². The number of carboxylic acids is 2. The van der Waals surface area contributed by atoms with Crippen LogP contribution in [-0.2, 0) is 22.6 Å². The first kappa shape index (κ1) is 22.2. The first-order chi connectivity index (χ1) is 15.9. The molecule has 0 bridgehead atoms. The number of nitrogens with zero attached hydrogens (tertiary/aromatic N) is 1. The summed E-state index contributed by atoms with van der Waals surface area (Å²) in [4.78, 5) is 19.3. The van der Waals surface area contributed by atoms with Gasteiger partial charge in [0, 0.05) is 12.5 Å². The molecule has 0 saturated carbocycles. The van der Waals surface area contributed by atoms with Gasteiger partial charge in [-0.2, -0.15) is 4.57 Å². The molecule has 2 aromatic carbocycles. The summed E-state index contributed by atoms with van der Waals surface area (Å²) >= 11 is 0. The zero-order valence-electron chi connectivity index (χ0n) is 18.3. The minimum Gasteiger partial charge on any atom is -0.493 e. The van der Waals surface area contributed by atoms with Gasteiger partial charge >= 0.3 is 11.9 Å². The van der Waals surface area contributed by atoms with Crippen LogP contribution in [0.3, 0.4) is 0 Å². The minimum absolute atomic E-state index is 0.296. The minimum atomic E-state index is -1.08. The summed E-state index contributed by atoms with van der Waals surface area (Å²) in [5.41, 5.74) is 3.68. The molecule has 9 heteroatoms. The molecule has 3 heterocycles. The number of aromatic nitrogens is 1. The third kappa shape index (κ3) is 4.48. The SMILES string of the molecule is COc1ccc2cc3[n+](cc2c1OC)CCc1cc2c(cc1-3)OCO2.O=C(O)CCC(=O)O. The number of carbonyl (C=O) groups is 2. The molecule has 5 rings (SSSR count). The molecule has 0 radical (unpaired) electrons. The van der Waals surface area contributed by atoms with Gasteiger partial charge in [0.15, 0.2) is 35.7 Å². The van der Waals surface area contributed by atoms with E-state index in [1.165, 1.54) is 16.8 Å². The highest BCUT2D eigenvalue weighted by molar-refractivity contribution is 5.91. The molecule has 2 N–H and O–H groups in total. The number of aryl methyl sites for hydroxylation is 2. The van der Waals surface area contributed by atoms with Gasteiger partial charge < -0.3 is 29.2 Å². The Morgan fingerprint density at radius 3 is 2.33 bits per heavy atom. The molecular weight excluding hydrogens is 430 g/mol. The molecule has 33 heavy (non-hydrogen) atoms. The monoisotopic (exact) mass is 454 g/mol. The second-order valence-corrected chi connectivity index (χ2v) is 7.56. The van der Waals surface area contributed by atoms with Crippen LogP contribution in [0.1, 0.15) is 18.4 Å². The van der Waals surface area contributed by atoms with Gasteiger partial charge in [0.2, 0.25) is 12.5 Å². The van der Waals surface area contributed by atoms with Gasteiger partial charge in [-0.25, -0.2) is 0 Å². The Bertz CT molecular complexity index is 1220. The molecule has 3 aromatic rings. The van der Waals surface area contributed by atoms with Crippen molar-refractivity contribution < 1.29 is 43.3 Å². The quantitative estimate of drug-likeness (QED) is 0.566. The lowest BCUT2D eigenvalue weighted by Crippen LogP contribution is -2.40. The van der Waals surface area contributed by atoms with Crippen molar-refractivity contribution in [1.82, 2.24) is 0 Å². The van der Waals surface area contributed by atoms with E-state index < -0.39 is 11.9 Å². The summed E-state index contributed by atoms with van der Waals surface area (Å²) in [5, 5.41) is 18.0. The number of aliphatic carboxylic acids is 2. The first-order valence-corrected chi connectivity index (χ1v) is 10.4. The zero-order valence-corrected chi connectivity index (χ0v) is 18.3. The van der Waals surface area contributed by atoms with Crippen molar-refractivity contribution in [3.63, 3.8) is 0 Å². The van der Waals surface area contributed by atoms with E-state index in [-0.39, 0.29) is 12.8 Å². The van der Waals surface area contributed by atoms with Crippen molar-refractivity contribution in [1.29, 1.82) is 0 Å². The van der Waals surface area contributed by atoms with Crippen LogP contribution in [0, 0.1) is 0 Å². The number of hydrogen-bond acceptors (Lipinski definition) is 6. The molecule has 0 amide bonds. The molecule has 0 atom stereocenters. The Hall–Kier alpha value is -4.01. The highest BCUT2D eigenvalue weighted by atomic mass is 16.7. The summed E-state index contributed by atoms with van der Waals surface area (Å²) in [6.07, 6.45) is 2.52. The summed E-state index contributed by atoms with van der Waals surface area (Å²) in [7, 11) is 3.34. The largest absolute Gasteiger partial charge is 0.493 e. The highest BCUT2D eigenvalue weighted by Crippen LogP contribution is 2.41. The lowest BCUT2D eigenvalue weighted by atomic mass is 9.95. The topological polar surface area (TPSA) is 115 Å². The van der Waals surface area contributed by atoms with Crippen LogP contribution in [0.15, 0.2) is 36.5 Å². The number of methoxy groups -OCH3 is 2. The van der Waals surface area contributed by atoms with Crippen LogP contribution >= 0.6 is 0 Å². The molecule has 0 saturated heterocycles. The number of fused-ring (bicyclic) bond motifs is 5. The third-order valence-corrected chi connectivity index (χ3v) is 5.55. The van der Waals surface area contributed by atoms with Gasteiger partial charge in [-0.05, 0) is 35.2 Å². The maximum Gasteiger partial charge on any atom is 0.303 e. The van der Waals surface area contributed by atoms with Crippen LogP contribution < -0.4 is 23.5 Å². The lowest BCUT2D eigenvalue weighted by Gasteiger charge is -2.17. The van der Waals surface area contributed by atoms with Crippen molar-refractivity contribution in [2.45, 2.75) is 25.8 Å². The molecule has 0 aliphatic carbocycles. The van der Waals surface area contributed by atoms with Gasteiger partial charge in [-0.15, -0.1) is 0 Å². The van der Waals surface area contributed by atoms with E-state index in [4.69, 9.17) is 29.2 Å². The Morgan fingerprint density at radius 2 is 1.70 bits per heavy atom. The number of pyridine rings is 1. The van der Waals surface area contributed by atoms with Crippen molar-refractivity contribution in [3.05, 3.63) is 42.1 Å². The predicted molar refractivity (Wildman–Crippen MR) is 117 cm³/mol. The van der Waals surface area contributed by atoms with E-state index >= 15 is 0 Å². The molecule has 0 spiro atoms. The summed E-state index contributed by atoms with van der Waals surface area (Å²) in [6.45, 7) is 1.21. The standard InChI is InChI=1S/C20H18NO4.C4H6O4/c1-22-17-4-3-12-7-16-14-9-19-18(24-11-25-19)8-13(14)5-6-21(16)10-15(12)20(17)23-2;5-3(6)1-2-4(7)8/h3-4,7-10H,5-6,11H2,1-2H3;1-2H2,(H,5,6)(H,7,8)/q+1;. The number of rotatable bonds is 5. The number of benzene rings is 2. The molecule has 2 aliphatic heterocycles. The zero-order chi connectivity index (χ0) is 23.5. The second kappa shape index (κ2) is 9.23. The van der Waals surface area contributed by atoms with Crippen LogP contribution in [-0.4, -0.2) is 43.2 Å². The van der Waals surface area contributed by atoms with Crippen LogP contribution in [0.25, 0.3) is 22.0 Å². The number of ether oxygens (including phenoxy) is 4. The van der Waals surface area contributed by atoms with Gasteiger partial charge in [0.1, 0.15) is 0 Å². The van der Waals surface area contributed by atoms with E-state index in [9.17, 15) is 9.59 Å². The number of hydrogen-bond donors (Lipinski definition) is 2. The summed E-state index contributed by atoms with van der Waals surface area (Å²) < 4.78 is 24.4. The molecule has 9 nitrogen and oxygen atoms in total. The Morgan fingerprint density at radius 1 is 1.00 bits per heavy atom. The molecular formula is C24H24NO8+. The summed E-state index contributed by atoms with van der Waals surface area (Å²) in [5.74, 6) is 1.03. The van der Waals surface area contributed by atoms with Crippen molar-refractivity contribution >= 4 is 22.7 Å². The molecule has 172 valence electrons. The fourth-order valence-electron chi connectivity index (χ4n) is 3.98.